The number of carbonyl (C=O) groups excluding carboxylic acids is 1. The van der Waals surface area contributed by atoms with Gasteiger partial charge in [0.15, 0.2) is 0 Å². The number of halogens is 3. The van der Waals surface area contributed by atoms with Crippen molar-refractivity contribution in [2.75, 3.05) is 11.3 Å². The molecule has 0 saturated carbocycles. The molecule has 0 aliphatic rings. The lowest BCUT2D eigenvalue weighted by atomic mass is 10.2. The van der Waals surface area contributed by atoms with Gasteiger partial charge in [-0.05, 0) is 43.3 Å². The molecule has 1 N–H and O–H groups in total. The van der Waals surface area contributed by atoms with Gasteiger partial charge in [-0.3, -0.25) is 4.72 Å². The monoisotopic (exact) mass is 407 g/mol. The third kappa shape index (κ3) is 4.33. The van der Waals surface area contributed by atoms with Crippen molar-refractivity contribution in [3.8, 4) is 0 Å². The zero-order valence-electron chi connectivity index (χ0n) is 12.3. The molecule has 0 bridgehead atoms. The lowest BCUT2D eigenvalue weighted by molar-refractivity contribution is 0.0526. The quantitative estimate of drug-likeness (QED) is 0.578. The van der Waals surface area contributed by atoms with Gasteiger partial charge in [0, 0.05) is 5.69 Å². The summed E-state index contributed by atoms with van der Waals surface area (Å²) in [7, 11) is -3.97. The maximum Gasteiger partial charge on any atom is 0.338 e. The fourth-order valence-corrected chi connectivity index (χ4v) is 3.87. The Bertz CT molecular complexity index is 867. The predicted octanol–water partition coefficient (Wildman–Crippen LogP) is 4.62. The third-order valence-electron chi connectivity index (χ3n) is 2.91. The van der Waals surface area contributed by atoms with Crippen LogP contribution in [0.2, 0.25) is 15.1 Å². The van der Waals surface area contributed by atoms with Crippen LogP contribution in [0.1, 0.15) is 17.3 Å². The van der Waals surface area contributed by atoms with Crippen LogP contribution in [0, 0.1) is 0 Å². The molecule has 0 spiro atoms. The Morgan fingerprint density at radius 3 is 2.21 bits per heavy atom. The van der Waals surface area contributed by atoms with E-state index in [0.29, 0.717) is 5.56 Å². The van der Waals surface area contributed by atoms with Crippen LogP contribution in [0.25, 0.3) is 0 Å². The predicted molar refractivity (Wildman–Crippen MR) is 94.7 cm³/mol. The van der Waals surface area contributed by atoms with Crippen molar-refractivity contribution in [2.24, 2.45) is 0 Å². The van der Waals surface area contributed by atoms with Gasteiger partial charge in [-0.15, -0.1) is 0 Å². The number of benzene rings is 2. The molecule has 128 valence electrons. The van der Waals surface area contributed by atoms with Gasteiger partial charge in [0.05, 0.1) is 27.2 Å². The van der Waals surface area contributed by atoms with E-state index in [1.54, 1.807) is 6.92 Å². The van der Waals surface area contributed by atoms with Crippen LogP contribution in [-0.2, 0) is 14.8 Å². The summed E-state index contributed by atoms with van der Waals surface area (Å²) in [6.45, 7) is 1.95. The molecule has 0 heterocycles. The van der Waals surface area contributed by atoms with E-state index in [-0.39, 0.29) is 32.3 Å². The lowest BCUT2D eigenvalue weighted by Crippen LogP contribution is -2.14. The van der Waals surface area contributed by atoms with E-state index in [1.165, 1.54) is 36.4 Å². The first-order chi connectivity index (χ1) is 11.2. The average molecular weight is 409 g/mol. The summed E-state index contributed by atoms with van der Waals surface area (Å²) in [6.07, 6.45) is 0. The van der Waals surface area contributed by atoms with Gasteiger partial charge in [-0.1, -0.05) is 34.8 Å². The zero-order valence-corrected chi connectivity index (χ0v) is 15.4. The number of sulfonamides is 1. The lowest BCUT2D eigenvalue weighted by Gasteiger charge is -2.11. The standard InChI is InChI=1S/C15H12Cl3NO4S/c1-2-23-15(20)9-3-5-10(6-4-9)19-24(21,22)14-8-12(17)11(16)7-13(14)18/h3-8,19H,2H2,1H3. The number of esters is 1. The van der Waals surface area contributed by atoms with Crippen molar-refractivity contribution in [3.63, 3.8) is 0 Å². The fraction of sp³-hybridized carbons (Fsp3) is 0.133. The molecule has 0 fully saturated rings. The van der Waals surface area contributed by atoms with E-state index in [0.717, 1.165) is 0 Å². The van der Waals surface area contributed by atoms with Crippen molar-refractivity contribution in [2.45, 2.75) is 11.8 Å². The second-order valence-electron chi connectivity index (χ2n) is 4.60. The maximum absolute atomic E-state index is 12.4. The van der Waals surface area contributed by atoms with E-state index >= 15 is 0 Å². The zero-order chi connectivity index (χ0) is 17.9. The summed E-state index contributed by atoms with van der Waals surface area (Å²) in [4.78, 5) is 11.4. The first-order valence-electron chi connectivity index (χ1n) is 6.69. The van der Waals surface area contributed by atoms with Crippen molar-refractivity contribution < 1.29 is 17.9 Å². The third-order valence-corrected chi connectivity index (χ3v) is 5.48. The van der Waals surface area contributed by atoms with Gasteiger partial charge in [-0.25, -0.2) is 13.2 Å². The first-order valence-corrected chi connectivity index (χ1v) is 9.31. The first kappa shape index (κ1) is 18.9. The highest BCUT2D eigenvalue weighted by Crippen LogP contribution is 2.32. The second kappa shape index (κ2) is 7.61. The fourth-order valence-electron chi connectivity index (χ4n) is 1.81. The normalized spacial score (nSPS) is 11.2. The summed E-state index contributed by atoms with van der Waals surface area (Å²) < 4.78 is 32.0. The molecule has 2 rings (SSSR count). The molecule has 0 aliphatic carbocycles. The Labute approximate surface area is 154 Å². The van der Waals surface area contributed by atoms with Crippen LogP contribution >= 0.6 is 34.8 Å². The highest BCUT2D eigenvalue weighted by molar-refractivity contribution is 7.92. The van der Waals surface area contributed by atoms with Crippen molar-refractivity contribution >= 4 is 56.5 Å². The molecule has 9 heteroatoms. The summed E-state index contributed by atoms with van der Waals surface area (Å²) in [6, 6.07) is 8.20. The van der Waals surface area contributed by atoms with Crippen LogP contribution in [-0.4, -0.2) is 21.0 Å². The second-order valence-corrected chi connectivity index (χ2v) is 7.47. The van der Waals surface area contributed by atoms with E-state index < -0.39 is 16.0 Å². The van der Waals surface area contributed by atoms with Crippen molar-refractivity contribution in [3.05, 3.63) is 57.0 Å². The summed E-state index contributed by atoms with van der Waals surface area (Å²) in [5.74, 6) is -0.487. The van der Waals surface area contributed by atoms with Crippen LogP contribution in [0.4, 0.5) is 5.69 Å². The number of anilines is 1. The topological polar surface area (TPSA) is 72.5 Å². The molecule has 0 aromatic heterocycles. The molecule has 0 aliphatic heterocycles. The molecule has 0 unspecified atom stereocenters. The summed E-state index contributed by atoms with van der Waals surface area (Å²) >= 11 is 17.6. The number of rotatable bonds is 5. The smallest absolute Gasteiger partial charge is 0.338 e. The van der Waals surface area contributed by atoms with Gasteiger partial charge in [0.1, 0.15) is 4.90 Å². The minimum atomic E-state index is -3.97. The van der Waals surface area contributed by atoms with Crippen LogP contribution in [0.3, 0.4) is 0 Å². The average Bonchev–Trinajstić information content (AvgIpc) is 2.51. The Kier molecular flexibility index (Phi) is 5.98. The molecular formula is C15H12Cl3NO4S. The van der Waals surface area contributed by atoms with Gasteiger partial charge in [-0.2, -0.15) is 0 Å². The van der Waals surface area contributed by atoms with Gasteiger partial charge in [0.25, 0.3) is 10.0 Å². The summed E-state index contributed by atoms with van der Waals surface area (Å²) in [5, 5.41) is 0.165. The van der Waals surface area contributed by atoms with Crippen molar-refractivity contribution in [1.82, 2.24) is 0 Å². The molecule has 2 aromatic rings. The molecule has 24 heavy (non-hydrogen) atoms. The van der Waals surface area contributed by atoms with Gasteiger partial charge in [0.2, 0.25) is 0 Å². The van der Waals surface area contributed by atoms with E-state index in [9.17, 15) is 13.2 Å². The number of ether oxygens (including phenoxy) is 1. The Morgan fingerprint density at radius 1 is 1.04 bits per heavy atom. The molecule has 2 aromatic carbocycles. The molecule has 0 amide bonds. The highest BCUT2D eigenvalue weighted by atomic mass is 35.5. The Hall–Kier alpha value is -1.47. The summed E-state index contributed by atoms with van der Waals surface area (Å²) in [5.41, 5.74) is 0.567. The number of hydrogen-bond donors (Lipinski definition) is 1. The van der Waals surface area contributed by atoms with Gasteiger partial charge < -0.3 is 4.74 Å². The van der Waals surface area contributed by atoms with E-state index in [2.05, 4.69) is 4.72 Å². The van der Waals surface area contributed by atoms with Gasteiger partial charge >= 0.3 is 5.97 Å². The number of hydrogen-bond acceptors (Lipinski definition) is 4. The maximum atomic E-state index is 12.4. The highest BCUT2D eigenvalue weighted by Gasteiger charge is 2.20. The largest absolute Gasteiger partial charge is 0.462 e. The SMILES string of the molecule is CCOC(=O)c1ccc(NS(=O)(=O)c2cc(Cl)c(Cl)cc2Cl)cc1. The minimum Gasteiger partial charge on any atom is -0.462 e. The number of carbonyl (C=O) groups is 1. The molecular weight excluding hydrogens is 397 g/mol. The molecule has 0 radical (unpaired) electrons. The minimum absolute atomic E-state index is 0.0555. The Morgan fingerprint density at radius 2 is 1.62 bits per heavy atom. The van der Waals surface area contributed by atoms with Crippen LogP contribution < -0.4 is 4.72 Å². The van der Waals surface area contributed by atoms with Crippen LogP contribution in [0.5, 0.6) is 0 Å². The van der Waals surface area contributed by atoms with E-state index in [1.807, 2.05) is 0 Å². The van der Waals surface area contributed by atoms with Crippen LogP contribution in [0.15, 0.2) is 41.3 Å². The molecule has 0 atom stereocenters. The molecule has 5 nitrogen and oxygen atoms in total. The molecule has 0 saturated heterocycles. The van der Waals surface area contributed by atoms with E-state index in [4.69, 9.17) is 39.5 Å². The van der Waals surface area contributed by atoms with Crippen molar-refractivity contribution in [1.29, 1.82) is 0 Å². The number of nitrogens with one attached hydrogen (secondary N) is 1. The Balaban J connectivity index is 2.27.